The van der Waals surface area contributed by atoms with E-state index in [9.17, 15) is 4.79 Å². The van der Waals surface area contributed by atoms with E-state index < -0.39 is 0 Å². The Hall–Kier alpha value is -1.06. The monoisotopic (exact) mass is 270 g/mol. The third kappa shape index (κ3) is 3.24. The molecule has 0 N–H and O–H groups in total. The summed E-state index contributed by atoms with van der Waals surface area (Å²) in [5.41, 5.74) is 2.19. The van der Waals surface area contributed by atoms with E-state index in [1.807, 2.05) is 26.8 Å². The molecule has 0 saturated heterocycles. The maximum absolute atomic E-state index is 12.0. The highest BCUT2D eigenvalue weighted by Crippen LogP contribution is 2.32. The first-order valence-electron chi connectivity index (χ1n) is 5.97. The molecule has 0 amide bonds. The van der Waals surface area contributed by atoms with Crippen molar-refractivity contribution in [2.45, 2.75) is 27.2 Å². The van der Waals surface area contributed by atoms with Crippen LogP contribution in [0, 0.1) is 13.8 Å². The highest BCUT2D eigenvalue weighted by Gasteiger charge is 2.19. The maximum atomic E-state index is 12.0. The number of rotatable bonds is 6. The lowest BCUT2D eigenvalue weighted by Crippen LogP contribution is -2.12. The molecule has 0 aromatic heterocycles. The van der Waals surface area contributed by atoms with Crippen LogP contribution in [0.5, 0.6) is 5.75 Å². The van der Waals surface area contributed by atoms with Gasteiger partial charge < -0.3 is 9.47 Å². The SMILES string of the molecule is CCCOc1cc(C)c(Cl)c(C)c1C(=O)COC. The first kappa shape index (κ1) is 15.0. The van der Waals surface area contributed by atoms with Crippen LogP contribution in [0.15, 0.2) is 6.07 Å². The van der Waals surface area contributed by atoms with Gasteiger partial charge in [0.2, 0.25) is 0 Å². The number of carbonyl (C=O) groups excluding carboxylic acids is 1. The molecule has 18 heavy (non-hydrogen) atoms. The van der Waals surface area contributed by atoms with Crippen LogP contribution in [0.3, 0.4) is 0 Å². The first-order chi connectivity index (χ1) is 8.52. The summed E-state index contributed by atoms with van der Waals surface area (Å²) in [6.45, 7) is 6.36. The minimum Gasteiger partial charge on any atom is -0.493 e. The van der Waals surface area contributed by atoms with Crippen molar-refractivity contribution in [3.63, 3.8) is 0 Å². The fraction of sp³-hybridized carbons (Fsp3) is 0.500. The van der Waals surface area contributed by atoms with E-state index in [2.05, 4.69) is 0 Å². The van der Waals surface area contributed by atoms with Crippen molar-refractivity contribution in [2.75, 3.05) is 20.3 Å². The summed E-state index contributed by atoms with van der Waals surface area (Å²) in [7, 11) is 1.50. The summed E-state index contributed by atoms with van der Waals surface area (Å²) in [5, 5.41) is 0.610. The predicted molar refractivity (Wildman–Crippen MR) is 72.9 cm³/mol. The van der Waals surface area contributed by atoms with Gasteiger partial charge in [-0.05, 0) is 37.5 Å². The van der Waals surface area contributed by atoms with Gasteiger partial charge in [0.05, 0.1) is 12.2 Å². The minimum atomic E-state index is -0.108. The molecule has 0 aliphatic carbocycles. The van der Waals surface area contributed by atoms with Gasteiger partial charge in [0.1, 0.15) is 12.4 Å². The van der Waals surface area contributed by atoms with Gasteiger partial charge in [0.15, 0.2) is 5.78 Å². The summed E-state index contributed by atoms with van der Waals surface area (Å²) < 4.78 is 10.5. The number of halogens is 1. The fourth-order valence-corrected chi connectivity index (χ4v) is 1.95. The Labute approximate surface area is 113 Å². The molecule has 0 fully saturated rings. The molecule has 0 radical (unpaired) electrons. The van der Waals surface area contributed by atoms with E-state index in [0.717, 1.165) is 17.5 Å². The van der Waals surface area contributed by atoms with E-state index in [-0.39, 0.29) is 12.4 Å². The lowest BCUT2D eigenvalue weighted by atomic mass is 10.0. The van der Waals surface area contributed by atoms with Gasteiger partial charge >= 0.3 is 0 Å². The van der Waals surface area contributed by atoms with Crippen LogP contribution in [0.2, 0.25) is 5.02 Å². The highest BCUT2D eigenvalue weighted by molar-refractivity contribution is 6.32. The third-order valence-corrected chi connectivity index (χ3v) is 3.24. The molecular formula is C14H19ClO3. The Morgan fingerprint density at radius 3 is 2.61 bits per heavy atom. The minimum absolute atomic E-state index is 0.0305. The normalized spacial score (nSPS) is 10.5. The quantitative estimate of drug-likeness (QED) is 0.741. The number of ether oxygens (including phenoxy) is 2. The van der Waals surface area contributed by atoms with Gasteiger partial charge in [-0.25, -0.2) is 0 Å². The van der Waals surface area contributed by atoms with Crippen molar-refractivity contribution in [1.82, 2.24) is 0 Å². The summed E-state index contributed by atoms with van der Waals surface area (Å²) in [6, 6.07) is 1.81. The lowest BCUT2D eigenvalue weighted by Gasteiger charge is -2.15. The Morgan fingerprint density at radius 2 is 2.06 bits per heavy atom. The molecule has 0 heterocycles. The first-order valence-corrected chi connectivity index (χ1v) is 6.35. The standard InChI is InChI=1S/C14H19ClO3/c1-5-6-18-12-7-9(2)14(15)10(3)13(12)11(16)8-17-4/h7H,5-6,8H2,1-4H3. The van der Waals surface area contributed by atoms with Gasteiger partial charge in [-0.2, -0.15) is 0 Å². The number of hydrogen-bond acceptors (Lipinski definition) is 3. The van der Waals surface area contributed by atoms with Crippen LogP contribution in [-0.4, -0.2) is 26.1 Å². The summed E-state index contributed by atoms with van der Waals surface area (Å²) >= 11 is 6.18. The van der Waals surface area contributed by atoms with Crippen LogP contribution in [0.1, 0.15) is 34.8 Å². The van der Waals surface area contributed by atoms with Crippen molar-refractivity contribution >= 4 is 17.4 Å². The molecule has 100 valence electrons. The number of aryl methyl sites for hydroxylation is 1. The van der Waals surface area contributed by atoms with E-state index >= 15 is 0 Å². The average Bonchev–Trinajstić information content (AvgIpc) is 2.33. The summed E-state index contributed by atoms with van der Waals surface area (Å²) in [6.07, 6.45) is 0.888. The van der Waals surface area contributed by atoms with Crippen molar-refractivity contribution < 1.29 is 14.3 Å². The molecule has 3 nitrogen and oxygen atoms in total. The van der Waals surface area contributed by atoms with Crippen molar-refractivity contribution in [3.8, 4) is 5.75 Å². The molecule has 0 aliphatic rings. The van der Waals surface area contributed by atoms with E-state index in [4.69, 9.17) is 21.1 Å². The summed E-state index contributed by atoms with van der Waals surface area (Å²) in [4.78, 5) is 12.0. The van der Waals surface area contributed by atoms with Crippen molar-refractivity contribution in [2.24, 2.45) is 0 Å². The molecular weight excluding hydrogens is 252 g/mol. The van der Waals surface area contributed by atoms with Crippen LogP contribution >= 0.6 is 11.6 Å². The highest BCUT2D eigenvalue weighted by atomic mass is 35.5. The molecule has 0 saturated carbocycles. The van der Waals surface area contributed by atoms with E-state index in [1.54, 1.807) is 0 Å². The lowest BCUT2D eigenvalue weighted by molar-refractivity contribution is 0.0843. The molecule has 1 rings (SSSR count). The van der Waals surface area contributed by atoms with E-state index in [1.165, 1.54) is 7.11 Å². The van der Waals surface area contributed by atoms with Crippen LogP contribution in [0.25, 0.3) is 0 Å². The van der Waals surface area contributed by atoms with Crippen LogP contribution < -0.4 is 4.74 Å². The topological polar surface area (TPSA) is 35.5 Å². The molecule has 1 aromatic rings. The zero-order valence-corrected chi connectivity index (χ0v) is 12.1. The number of carbonyl (C=O) groups is 1. The van der Waals surface area contributed by atoms with Gasteiger partial charge in [0.25, 0.3) is 0 Å². The van der Waals surface area contributed by atoms with Crippen LogP contribution in [-0.2, 0) is 4.74 Å². The van der Waals surface area contributed by atoms with Crippen molar-refractivity contribution in [1.29, 1.82) is 0 Å². The Kier molecular flexibility index (Phi) is 5.63. The Balaban J connectivity index is 3.25. The molecule has 0 aliphatic heterocycles. The second-order valence-electron chi connectivity index (χ2n) is 4.21. The zero-order valence-electron chi connectivity index (χ0n) is 11.3. The second kappa shape index (κ2) is 6.76. The number of Topliss-reactive ketones (excluding diaryl/α,β-unsaturated/α-hetero) is 1. The van der Waals surface area contributed by atoms with Gasteiger partial charge in [0, 0.05) is 12.1 Å². The zero-order chi connectivity index (χ0) is 13.7. The van der Waals surface area contributed by atoms with Crippen molar-refractivity contribution in [3.05, 3.63) is 27.8 Å². The Bertz CT molecular complexity index is 441. The smallest absolute Gasteiger partial charge is 0.192 e. The summed E-state index contributed by atoms with van der Waals surface area (Å²) in [5.74, 6) is 0.487. The Morgan fingerprint density at radius 1 is 1.39 bits per heavy atom. The molecule has 1 aromatic carbocycles. The third-order valence-electron chi connectivity index (χ3n) is 2.66. The van der Waals surface area contributed by atoms with Crippen LogP contribution in [0.4, 0.5) is 0 Å². The molecule has 0 unspecified atom stereocenters. The number of benzene rings is 1. The second-order valence-corrected chi connectivity index (χ2v) is 4.59. The number of ketones is 1. The van der Waals surface area contributed by atoms with Gasteiger partial charge in [-0.3, -0.25) is 4.79 Å². The molecule has 0 spiro atoms. The number of methoxy groups -OCH3 is 1. The van der Waals surface area contributed by atoms with Gasteiger partial charge in [-0.15, -0.1) is 0 Å². The molecule has 0 atom stereocenters. The average molecular weight is 271 g/mol. The molecule has 4 heteroatoms. The predicted octanol–water partition coefficient (Wildman–Crippen LogP) is 3.57. The maximum Gasteiger partial charge on any atom is 0.192 e. The molecule has 0 bridgehead atoms. The van der Waals surface area contributed by atoms with Gasteiger partial charge in [-0.1, -0.05) is 18.5 Å². The number of hydrogen-bond donors (Lipinski definition) is 0. The fourth-order valence-electron chi connectivity index (χ4n) is 1.80. The largest absolute Gasteiger partial charge is 0.493 e. The van der Waals surface area contributed by atoms with E-state index in [0.29, 0.717) is 22.9 Å².